The maximum absolute atomic E-state index is 11.5. The van der Waals surface area contributed by atoms with Gasteiger partial charge in [-0.05, 0) is 43.5 Å². The quantitative estimate of drug-likeness (QED) is 0.597. The fourth-order valence-corrected chi connectivity index (χ4v) is 1.88. The minimum Gasteiger partial charge on any atom is -0.508 e. The minimum absolute atomic E-state index is 0.117. The largest absolute Gasteiger partial charge is 0.508 e. The average molecular weight is 264 g/mol. The third kappa shape index (κ3) is 7.47. The zero-order valence-electron chi connectivity index (χ0n) is 11.4. The Hall–Kier alpha value is -1.55. The van der Waals surface area contributed by atoms with Crippen LogP contribution < -0.4 is 11.1 Å². The first-order chi connectivity index (χ1) is 9.22. The van der Waals surface area contributed by atoms with Crippen LogP contribution in [0.25, 0.3) is 0 Å². The van der Waals surface area contributed by atoms with Gasteiger partial charge in [-0.25, -0.2) is 0 Å². The van der Waals surface area contributed by atoms with E-state index in [4.69, 9.17) is 10.8 Å². The van der Waals surface area contributed by atoms with E-state index in [0.717, 1.165) is 44.2 Å². The number of phenolic OH excluding ortho intramolecular Hbond substituents is 1. The van der Waals surface area contributed by atoms with E-state index in [1.165, 1.54) is 0 Å². The van der Waals surface area contributed by atoms with Crippen LogP contribution in [0.3, 0.4) is 0 Å². The van der Waals surface area contributed by atoms with Gasteiger partial charge >= 0.3 is 0 Å². The zero-order chi connectivity index (χ0) is 13.9. The van der Waals surface area contributed by atoms with E-state index in [0.29, 0.717) is 13.0 Å². The van der Waals surface area contributed by atoms with Crippen molar-refractivity contribution in [2.75, 3.05) is 13.1 Å². The molecule has 1 amide bonds. The van der Waals surface area contributed by atoms with Gasteiger partial charge in [0, 0.05) is 13.0 Å². The molecule has 4 nitrogen and oxygen atoms in total. The van der Waals surface area contributed by atoms with Crippen molar-refractivity contribution in [3.63, 3.8) is 0 Å². The molecule has 0 radical (unpaired) electrons. The molecule has 0 atom stereocenters. The smallest absolute Gasteiger partial charge is 0.220 e. The van der Waals surface area contributed by atoms with Crippen molar-refractivity contribution in [2.45, 2.75) is 38.5 Å². The van der Waals surface area contributed by atoms with Gasteiger partial charge in [-0.3, -0.25) is 4.79 Å². The van der Waals surface area contributed by atoms with E-state index in [-0.39, 0.29) is 11.7 Å². The summed E-state index contributed by atoms with van der Waals surface area (Å²) in [7, 11) is 0. The number of hydrogen-bond donors (Lipinski definition) is 3. The van der Waals surface area contributed by atoms with Crippen LogP contribution in [0.2, 0.25) is 0 Å². The van der Waals surface area contributed by atoms with Crippen LogP contribution in [-0.2, 0) is 11.2 Å². The Morgan fingerprint density at radius 1 is 1.11 bits per heavy atom. The number of rotatable bonds is 9. The molecule has 0 aliphatic heterocycles. The molecule has 0 bridgehead atoms. The Balaban J connectivity index is 2.05. The second kappa shape index (κ2) is 9.39. The van der Waals surface area contributed by atoms with Gasteiger partial charge in [-0.1, -0.05) is 25.0 Å². The van der Waals surface area contributed by atoms with E-state index >= 15 is 0 Å². The fourth-order valence-electron chi connectivity index (χ4n) is 1.88. The summed E-state index contributed by atoms with van der Waals surface area (Å²) in [6, 6.07) is 7.06. The zero-order valence-corrected chi connectivity index (χ0v) is 11.4. The predicted octanol–water partition coefficient (Wildman–Crippen LogP) is 1.96. The summed E-state index contributed by atoms with van der Waals surface area (Å²) in [4.78, 5) is 11.5. The highest BCUT2D eigenvalue weighted by Crippen LogP contribution is 2.09. The molecule has 1 rings (SSSR count). The Bertz CT molecular complexity index is 363. The summed E-state index contributed by atoms with van der Waals surface area (Å²) in [5.41, 5.74) is 6.52. The van der Waals surface area contributed by atoms with Crippen LogP contribution in [0.4, 0.5) is 0 Å². The highest BCUT2D eigenvalue weighted by Gasteiger charge is 2.01. The first kappa shape index (κ1) is 15.5. The Morgan fingerprint density at radius 2 is 1.79 bits per heavy atom. The summed E-state index contributed by atoms with van der Waals surface area (Å²) in [6.07, 6.45) is 5.55. The van der Waals surface area contributed by atoms with Gasteiger partial charge in [0.25, 0.3) is 0 Å². The van der Waals surface area contributed by atoms with Crippen molar-refractivity contribution < 1.29 is 9.90 Å². The molecular weight excluding hydrogens is 240 g/mol. The normalized spacial score (nSPS) is 10.4. The summed E-state index contributed by atoms with van der Waals surface area (Å²) in [6.45, 7) is 1.38. The molecule has 19 heavy (non-hydrogen) atoms. The summed E-state index contributed by atoms with van der Waals surface area (Å²) in [5.74, 6) is 0.386. The fraction of sp³-hybridized carbons (Fsp3) is 0.533. The molecule has 1 aromatic carbocycles. The van der Waals surface area contributed by atoms with Crippen LogP contribution in [0.5, 0.6) is 5.75 Å². The van der Waals surface area contributed by atoms with E-state index in [1.807, 2.05) is 12.1 Å². The lowest BCUT2D eigenvalue weighted by Crippen LogP contribution is -2.25. The van der Waals surface area contributed by atoms with Crippen LogP contribution in [0.15, 0.2) is 24.3 Å². The van der Waals surface area contributed by atoms with E-state index < -0.39 is 0 Å². The number of unbranched alkanes of at least 4 members (excludes halogenated alkanes) is 3. The SMILES string of the molecule is NCCCCCCC(=O)NCCc1ccc(O)cc1. The molecule has 4 N–H and O–H groups in total. The van der Waals surface area contributed by atoms with Crippen LogP contribution in [-0.4, -0.2) is 24.1 Å². The summed E-state index contributed by atoms with van der Waals surface area (Å²) < 4.78 is 0. The van der Waals surface area contributed by atoms with Crippen LogP contribution >= 0.6 is 0 Å². The maximum Gasteiger partial charge on any atom is 0.220 e. The molecule has 4 heteroatoms. The lowest BCUT2D eigenvalue weighted by molar-refractivity contribution is -0.121. The van der Waals surface area contributed by atoms with E-state index in [1.54, 1.807) is 12.1 Å². The summed E-state index contributed by atoms with van der Waals surface area (Å²) >= 11 is 0. The van der Waals surface area contributed by atoms with Gasteiger partial charge in [0.05, 0.1) is 0 Å². The average Bonchev–Trinajstić information content (AvgIpc) is 2.41. The van der Waals surface area contributed by atoms with Gasteiger partial charge in [0.15, 0.2) is 0 Å². The Labute approximate surface area is 115 Å². The first-order valence-electron chi connectivity index (χ1n) is 6.97. The third-order valence-electron chi connectivity index (χ3n) is 3.03. The third-order valence-corrected chi connectivity index (χ3v) is 3.03. The van der Waals surface area contributed by atoms with E-state index in [9.17, 15) is 4.79 Å². The lowest BCUT2D eigenvalue weighted by Gasteiger charge is -2.05. The number of benzene rings is 1. The van der Waals surface area contributed by atoms with Gasteiger partial charge in [-0.15, -0.1) is 0 Å². The first-order valence-corrected chi connectivity index (χ1v) is 6.97. The molecule has 0 spiro atoms. The second-order valence-corrected chi connectivity index (χ2v) is 4.72. The standard InChI is InChI=1S/C15H24N2O2/c16-11-4-2-1-3-5-15(19)17-12-10-13-6-8-14(18)9-7-13/h6-9,18H,1-5,10-12,16H2,(H,17,19). The number of amides is 1. The molecule has 1 aromatic rings. The number of hydrogen-bond acceptors (Lipinski definition) is 3. The number of carbonyl (C=O) groups excluding carboxylic acids is 1. The van der Waals surface area contributed by atoms with Crippen molar-refractivity contribution in [3.8, 4) is 5.75 Å². The van der Waals surface area contributed by atoms with Crippen LogP contribution in [0, 0.1) is 0 Å². The highest BCUT2D eigenvalue weighted by molar-refractivity contribution is 5.75. The predicted molar refractivity (Wildman–Crippen MR) is 77.0 cm³/mol. The van der Waals surface area contributed by atoms with Gasteiger partial charge < -0.3 is 16.2 Å². The topological polar surface area (TPSA) is 75.4 Å². The second-order valence-electron chi connectivity index (χ2n) is 4.72. The van der Waals surface area contributed by atoms with Crippen molar-refractivity contribution >= 4 is 5.91 Å². The number of phenols is 1. The van der Waals surface area contributed by atoms with Gasteiger partial charge in [-0.2, -0.15) is 0 Å². The van der Waals surface area contributed by atoms with Crippen molar-refractivity contribution in [1.29, 1.82) is 0 Å². The Kier molecular flexibility index (Phi) is 7.66. The molecule has 106 valence electrons. The number of aromatic hydroxyl groups is 1. The molecule has 0 aliphatic carbocycles. The molecule has 0 aromatic heterocycles. The number of nitrogens with two attached hydrogens (primary N) is 1. The lowest BCUT2D eigenvalue weighted by atomic mass is 10.1. The molecule has 0 saturated carbocycles. The maximum atomic E-state index is 11.5. The van der Waals surface area contributed by atoms with E-state index in [2.05, 4.69) is 5.32 Å². The number of nitrogens with one attached hydrogen (secondary N) is 1. The molecule has 0 saturated heterocycles. The van der Waals surface area contributed by atoms with Gasteiger partial charge in [0.1, 0.15) is 5.75 Å². The molecule has 0 heterocycles. The van der Waals surface area contributed by atoms with Gasteiger partial charge in [0.2, 0.25) is 5.91 Å². The monoisotopic (exact) mass is 264 g/mol. The summed E-state index contributed by atoms with van der Waals surface area (Å²) in [5, 5.41) is 12.1. The molecule has 0 fully saturated rings. The molecule has 0 unspecified atom stereocenters. The van der Waals surface area contributed by atoms with Crippen molar-refractivity contribution in [2.24, 2.45) is 5.73 Å². The molecular formula is C15H24N2O2. The minimum atomic E-state index is 0.117. The van der Waals surface area contributed by atoms with Crippen LogP contribution in [0.1, 0.15) is 37.7 Å². The molecule has 0 aliphatic rings. The van der Waals surface area contributed by atoms with Crippen molar-refractivity contribution in [1.82, 2.24) is 5.32 Å². The number of carbonyl (C=O) groups is 1. The highest BCUT2D eigenvalue weighted by atomic mass is 16.3. The van der Waals surface area contributed by atoms with Crippen molar-refractivity contribution in [3.05, 3.63) is 29.8 Å². The Morgan fingerprint density at radius 3 is 2.47 bits per heavy atom.